The predicted octanol–water partition coefficient (Wildman–Crippen LogP) is 0.571. The molecule has 0 saturated heterocycles. The lowest BCUT2D eigenvalue weighted by molar-refractivity contribution is -0.184. The van der Waals surface area contributed by atoms with Crippen LogP contribution in [-0.4, -0.2) is 98.9 Å². The van der Waals surface area contributed by atoms with Crippen LogP contribution >= 0.6 is 0 Å². The van der Waals surface area contributed by atoms with E-state index in [1.54, 1.807) is 33.8 Å². The summed E-state index contributed by atoms with van der Waals surface area (Å²) in [7, 11) is 2.83. The normalized spacial score (nSPS) is 28.6. The monoisotopic (exact) mass is 601 g/mol. The number of rotatable bonds is 5. The third kappa shape index (κ3) is 4.99. The fourth-order valence-electron chi connectivity index (χ4n) is 6.34. The predicted molar refractivity (Wildman–Crippen MR) is 148 cm³/mol. The number of nitrogens with two attached hydrogens (primary N) is 1. The molecule has 0 bridgehead atoms. The van der Waals surface area contributed by atoms with Crippen LogP contribution in [0.15, 0.2) is 35.1 Å². The smallest absolute Gasteiger partial charge is 0.408 e. The number of primary amides is 1. The molecule has 3 aliphatic rings. The van der Waals surface area contributed by atoms with Crippen molar-refractivity contribution in [1.82, 2.24) is 10.2 Å². The quantitative estimate of drug-likeness (QED) is 0.201. The highest BCUT2D eigenvalue weighted by Crippen LogP contribution is 2.56. The van der Waals surface area contributed by atoms with Crippen LogP contribution in [0, 0.1) is 11.8 Å². The van der Waals surface area contributed by atoms with Crippen molar-refractivity contribution in [2.45, 2.75) is 57.0 Å². The molecule has 1 aromatic carbocycles. The van der Waals surface area contributed by atoms with Crippen molar-refractivity contribution >= 4 is 35.3 Å². The molecule has 7 N–H and O–H groups in total. The van der Waals surface area contributed by atoms with Gasteiger partial charge in [-0.1, -0.05) is 19.1 Å². The Morgan fingerprint density at radius 3 is 2.30 bits per heavy atom. The average molecular weight is 602 g/mol. The first-order valence-corrected chi connectivity index (χ1v) is 13.5. The highest BCUT2D eigenvalue weighted by Gasteiger charge is 2.69. The van der Waals surface area contributed by atoms with Crippen molar-refractivity contribution in [2.75, 3.05) is 20.6 Å². The van der Waals surface area contributed by atoms with E-state index in [9.17, 15) is 44.4 Å². The minimum absolute atomic E-state index is 0.108. The van der Waals surface area contributed by atoms with Gasteiger partial charge in [0.25, 0.3) is 5.91 Å². The lowest BCUT2D eigenvalue weighted by Crippen LogP contribution is -2.71. The number of nitrogens with one attached hydrogen (secondary N) is 1. The summed E-state index contributed by atoms with van der Waals surface area (Å²) in [4.78, 5) is 66.7. The zero-order valence-electron chi connectivity index (χ0n) is 24.5. The largest absolute Gasteiger partial charge is 0.508 e. The Kier molecular flexibility index (Phi) is 7.83. The van der Waals surface area contributed by atoms with Gasteiger partial charge in [-0.25, -0.2) is 4.79 Å². The van der Waals surface area contributed by atoms with E-state index < -0.39 is 99.8 Å². The van der Waals surface area contributed by atoms with Gasteiger partial charge in [0.15, 0.2) is 11.4 Å². The van der Waals surface area contributed by atoms with E-state index in [4.69, 9.17) is 15.2 Å². The highest BCUT2D eigenvalue weighted by atomic mass is 16.6. The van der Waals surface area contributed by atoms with Crippen LogP contribution < -0.4 is 11.1 Å². The van der Waals surface area contributed by atoms with Crippen molar-refractivity contribution in [3.05, 3.63) is 46.2 Å². The third-order valence-electron chi connectivity index (χ3n) is 8.01. The number of aliphatic hydroxyl groups is 3. The van der Waals surface area contributed by atoms with Gasteiger partial charge in [-0.3, -0.25) is 24.1 Å². The Hall–Kier alpha value is -4.43. The number of aliphatic hydroxyl groups excluding tert-OH is 2. The maximum absolute atomic E-state index is 14.2. The molecule has 0 radical (unpaired) electrons. The summed E-state index contributed by atoms with van der Waals surface area (Å²) in [5.74, 6) is -10.9. The minimum atomic E-state index is -3.07. The number of Topliss-reactive ketones (excluding diaryl/α,β-unsaturated/α-hetero) is 2. The SMILES string of the molecule is CC1c2cccc(O)c2C(O)=C2C(=O)C3(O)C(O)=C(C(N)=O)C(=O)C(N(C)C)C3C(OC(=O)CNC(=O)OC(C)(C)C)C21. The zero-order chi connectivity index (χ0) is 32.3. The maximum Gasteiger partial charge on any atom is 0.408 e. The number of aromatic hydroxyl groups is 1. The molecule has 14 nitrogen and oxygen atoms in total. The molecule has 4 rings (SSSR count). The first kappa shape index (κ1) is 31.5. The molecule has 0 spiro atoms. The summed E-state index contributed by atoms with van der Waals surface area (Å²) in [5, 5.41) is 47.4. The fraction of sp³-hybridized carbons (Fsp3) is 0.483. The second kappa shape index (κ2) is 10.7. The number of ether oxygens (including phenoxy) is 2. The standard InChI is InChI=1S/C29H35N3O11/c1-11-12-8-7-9-13(33)16(12)21(35)17-15(11)23(42-14(34)10-31-27(40)43-28(2,3)4)19-20(32(5)6)22(36)18(26(30)39)25(38)29(19,41)24(17)37/h7-9,11,15,19-20,23,33,35,38,41H,10H2,1-6H3,(H2,30,39)(H,31,40). The number of benzene rings is 1. The van der Waals surface area contributed by atoms with Crippen molar-refractivity contribution in [3.63, 3.8) is 0 Å². The number of ketones is 2. The second-order valence-electron chi connectivity index (χ2n) is 12.1. The summed E-state index contributed by atoms with van der Waals surface area (Å²) >= 11 is 0. The molecule has 6 unspecified atom stereocenters. The van der Waals surface area contributed by atoms with E-state index in [0.29, 0.717) is 5.56 Å². The van der Waals surface area contributed by atoms with Crippen molar-refractivity contribution in [2.24, 2.45) is 17.6 Å². The number of carbonyl (C=O) groups excluding carboxylic acids is 5. The first-order chi connectivity index (χ1) is 19.8. The molecule has 1 fully saturated rings. The molecular formula is C29H35N3O11. The van der Waals surface area contributed by atoms with Crippen LogP contribution in [0.25, 0.3) is 5.76 Å². The van der Waals surface area contributed by atoms with Gasteiger partial charge in [0.2, 0.25) is 5.78 Å². The number of esters is 1. The number of hydrogen-bond acceptors (Lipinski definition) is 12. The number of likely N-dealkylation sites (N-methyl/N-ethyl adjacent to an activating group) is 1. The van der Waals surface area contributed by atoms with Gasteiger partial charge >= 0.3 is 12.1 Å². The molecule has 0 heterocycles. The summed E-state index contributed by atoms with van der Waals surface area (Å²) in [5.41, 5.74) is 0.182. The van der Waals surface area contributed by atoms with Crippen molar-refractivity contribution in [3.8, 4) is 5.75 Å². The molecule has 14 heteroatoms. The average Bonchev–Trinajstić information content (AvgIpc) is 2.87. The molecule has 2 amide bonds. The zero-order valence-corrected chi connectivity index (χ0v) is 24.5. The van der Waals surface area contributed by atoms with Gasteiger partial charge < -0.3 is 41.0 Å². The van der Waals surface area contributed by atoms with Gasteiger partial charge in [-0.2, -0.15) is 0 Å². The second-order valence-corrected chi connectivity index (χ2v) is 12.1. The maximum atomic E-state index is 14.2. The van der Waals surface area contributed by atoms with E-state index in [0.717, 1.165) is 0 Å². The van der Waals surface area contributed by atoms with E-state index in [2.05, 4.69) is 5.32 Å². The Morgan fingerprint density at radius 1 is 1.12 bits per heavy atom. The topological polar surface area (TPSA) is 226 Å². The van der Waals surface area contributed by atoms with Crippen molar-refractivity contribution in [1.29, 1.82) is 0 Å². The van der Waals surface area contributed by atoms with E-state index >= 15 is 0 Å². The number of hydrogen-bond donors (Lipinski definition) is 6. The number of alkyl carbamates (subject to hydrolysis) is 1. The molecule has 3 aliphatic carbocycles. The molecule has 43 heavy (non-hydrogen) atoms. The summed E-state index contributed by atoms with van der Waals surface area (Å²) in [6, 6.07) is 2.84. The van der Waals surface area contributed by atoms with Crippen LogP contribution in [0.5, 0.6) is 5.75 Å². The van der Waals surface area contributed by atoms with E-state index in [-0.39, 0.29) is 11.3 Å². The molecule has 1 saturated carbocycles. The van der Waals surface area contributed by atoms with Crippen LogP contribution in [0.4, 0.5) is 4.79 Å². The number of phenolic OH excluding ortho intramolecular Hbond substituents is 1. The van der Waals surface area contributed by atoms with E-state index in [1.807, 2.05) is 0 Å². The lowest BCUT2D eigenvalue weighted by Gasteiger charge is -2.54. The molecule has 6 atom stereocenters. The van der Waals surface area contributed by atoms with Crippen LogP contribution in [-0.2, 0) is 28.7 Å². The van der Waals surface area contributed by atoms with Crippen molar-refractivity contribution < 1.29 is 53.9 Å². The summed E-state index contributed by atoms with van der Waals surface area (Å²) in [6.45, 7) is 5.77. The molecule has 0 aromatic heterocycles. The summed E-state index contributed by atoms with van der Waals surface area (Å²) in [6.07, 6.45) is -2.54. The van der Waals surface area contributed by atoms with Crippen LogP contribution in [0.1, 0.15) is 44.7 Å². The van der Waals surface area contributed by atoms with Gasteiger partial charge in [0.1, 0.15) is 41.1 Å². The van der Waals surface area contributed by atoms with Gasteiger partial charge in [-0.05, 0) is 52.4 Å². The number of carbonyl (C=O) groups is 5. The van der Waals surface area contributed by atoms with Gasteiger partial charge in [0, 0.05) is 11.5 Å². The number of phenols is 1. The Morgan fingerprint density at radius 2 is 1.74 bits per heavy atom. The molecule has 0 aliphatic heterocycles. The molecule has 1 aromatic rings. The van der Waals surface area contributed by atoms with E-state index in [1.165, 1.54) is 31.1 Å². The van der Waals surface area contributed by atoms with Crippen LogP contribution in [0.3, 0.4) is 0 Å². The fourth-order valence-corrected chi connectivity index (χ4v) is 6.34. The van der Waals surface area contributed by atoms with Gasteiger partial charge in [-0.15, -0.1) is 0 Å². The van der Waals surface area contributed by atoms with Crippen LogP contribution in [0.2, 0.25) is 0 Å². The minimum Gasteiger partial charge on any atom is -0.508 e. The summed E-state index contributed by atoms with van der Waals surface area (Å²) < 4.78 is 10.9. The molecule has 232 valence electrons. The third-order valence-corrected chi connectivity index (χ3v) is 8.01. The van der Waals surface area contributed by atoms with Gasteiger partial charge in [0.05, 0.1) is 17.5 Å². The Balaban J connectivity index is 1.93. The number of nitrogens with zero attached hydrogens (tertiary/aromatic N) is 1. The Labute approximate surface area is 246 Å². The number of amides is 2. The Bertz CT molecular complexity index is 1490. The highest BCUT2D eigenvalue weighted by molar-refractivity contribution is 6.24. The molecular weight excluding hydrogens is 566 g/mol. The number of fused-ring (bicyclic) bond motifs is 3. The lowest BCUT2D eigenvalue weighted by atomic mass is 9.54. The first-order valence-electron chi connectivity index (χ1n) is 13.5.